The van der Waals surface area contributed by atoms with Crippen LogP contribution < -0.4 is 9.47 Å². The van der Waals surface area contributed by atoms with E-state index in [0.717, 1.165) is 56.8 Å². The molecule has 3 atom stereocenters. The van der Waals surface area contributed by atoms with Crippen molar-refractivity contribution in [2.45, 2.75) is 77.9 Å². The smallest absolute Gasteiger partial charge is 0.161 e. The van der Waals surface area contributed by atoms with Crippen LogP contribution in [0.4, 0.5) is 0 Å². The highest BCUT2D eigenvalue weighted by atomic mass is 16.6. The number of rotatable bonds is 11. The molecule has 1 heterocycles. The van der Waals surface area contributed by atoms with Crippen molar-refractivity contribution in [3.63, 3.8) is 0 Å². The Bertz CT molecular complexity index is 472. The third kappa shape index (κ3) is 5.13. The Morgan fingerprint density at radius 1 is 0.957 bits per heavy atom. The standard InChI is InChI=1S/C20H32O3/c1-5-11-21-18-10-9-16(14-19(18)22-12-6-2)15(7-3)13-20-17(8-4)23-20/h9-10,14-15,17,20H,5-8,11-13H2,1-4H3. The van der Waals surface area contributed by atoms with Crippen LogP contribution in [0, 0.1) is 0 Å². The van der Waals surface area contributed by atoms with Gasteiger partial charge in [0.25, 0.3) is 0 Å². The average molecular weight is 320 g/mol. The summed E-state index contributed by atoms with van der Waals surface area (Å²) in [6.07, 6.45) is 6.28. The first-order chi connectivity index (χ1) is 11.2. The third-order valence-corrected chi connectivity index (χ3v) is 4.46. The quantitative estimate of drug-likeness (QED) is 0.517. The van der Waals surface area contributed by atoms with Gasteiger partial charge in [0.15, 0.2) is 11.5 Å². The van der Waals surface area contributed by atoms with Crippen molar-refractivity contribution in [1.82, 2.24) is 0 Å². The predicted octanol–water partition coefficient (Wildman–Crippen LogP) is 5.33. The van der Waals surface area contributed by atoms with Gasteiger partial charge in [-0.2, -0.15) is 0 Å². The molecule has 1 aromatic carbocycles. The van der Waals surface area contributed by atoms with Crippen LogP contribution in [-0.4, -0.2) is 25.4 Å². The highest BCUT2D eigenvalue weighted by Gasteiger charge is 2.38. The van der Waals surface area contributed by atoms with E-state index in [1.54, 1.807) is 0 Å². The van der Waals surface area contributed by atoms with Gasteiger partial charge in [0.05, 0.1) is 25.4 Å². The molecule has 1 aliphatic heterocycles. The Balaban J connectivity index is 2.09. The van der Waals surface area contributed by atoms with Crippen LogP contribution in [0.25, 0.3) is 0 Å². The fraction of sp³-hybridized carbons (Fsp3) is 0.700. The second-order valence-electron chi connectivity index (χ2n) is 6.37. The number of epoxide rings is 1. The predicted molar refractivity (Wildman–Crippen MR) is 94.6 cm³/mol. The zero-order valence-electron chi connectivity index (χ0n) is 15.1. The fourth-order valence-electron chi connectivity index (χ4n) is 3.00. The molecule has 0 N–H and O–H groups in total. The van der Waals surface area contributed by atoms with Gasteiger partial charge in [-0.15, -0.1) is 0 Å². The van der Waals surface area contributed by atoms with Gasteiger partial charge in [0.2, 0.25) is 0 Å². The summed E-state index contributed by atoms with van der Waals surface area (Å²) in [5, 5.41) is 0. The van der Waals surface area contributed by atoms with Crippen LogP contribution in [0.5, 0.6) is 11.5 Å². The molecule has 1 fully saturated rings. The van der Waals surface area contributed by atoms with Crippen molar-refractivity contribution in [2.24, 2.45) is 0 Å². The lowest BCUT2D eigenvalue weighted by atomic mass is 9.90. The Kier molecular flexibility index (Phi) is 7.22. The van der Waals surface area contributed by atoms with Gasteiger partial charge < -0.3 is 14.2 Å². The Morgan fingerprint density at radius 2 is 1.65 bits per heavy atom. The first-order valence-electron chi connectivity index (χ1n) is 9.28. The summed E-state index contributed by atoms with van der Waals surface area (Å²) in [4.78, 5) is 0. The molecule has 3 nitrogen and oxygen atoms in total. The maximum absolute atomic E-state index is 5.93. The molecule has 1 aliphatic rings. The second-order valence-corrected chi connectivity index (χ2v) is 6.37. The van der Waals surface area contributed by atoms with Crippen molar-refractivity contribution < 1.29 is 14.2 Å². The van der Waals surface area contributed by atoms with E-state index in [2.05, 4.69) is 45.9 Å². The van der Waals surface area contributed by atoms with Crippen LogP contribution >= 0.6 is 0 Å². The van der Waals surface area contributed by atoms with E-state index in [1.165, 1.54) is 5.56 Å². The number of hydrogen-bond donors (Lipinski definition) is 0. The molecule has 0 bridgehead atoms. The van der Waals surface area contributed by atoms with Crippen molar-refractivity contribution in [1.29, 1.82) is 0 Å². The molecule has 0 amide bonds. The van der Waals surface area contributed by atoms with E-state index in [-0.39, 0.29) is 0 Å². The molecule has 1 saturated heterocycles. The van der Waals surface area contributed by atoms with Crippen LogP contribution in [0.15, 0.2) is 18.2 Å². The first-order valence-corrected chi connectivity index (χ1v) is 9.28. The first kappa shape index (κ1) is 18.1. The molecule has 23 heavy (non-hydrogen) atoms. The van der Waals surface area contributed by atoms with Crippen LogP contribution in [-0.2, 0) is 4.74 Å². The number of ether oxygens (including phenoxy) is 3. The monoisotopic (exact) mass is 320 g/mol. The summed E-state index contributed by atoms with van der Waals surface area (Å²) in [6.45, 7) is 10.2. The maximum Gasteiger partial charge on any atom is 0.161 e. The SMILES string of the molecule is CCCOc1ccc(C(CC)CC2OC2CC)cc1OCCC. The van der Waals surface area contributed by atoms with Crippen molar-refractivity contribution in [2.75, 3.05) is 13.2 Å². The summed E-state index contributed by atoms with van der Waals surface area (Å²) in [5.74, 6) is 2.29. The van der Waals surface area contributed by atoms with Crippen molar-refractivity contribution in [3.8, 4) is 11.5 Å². The number of benzene rings is 1. The van der Waals surface area contributed by atoms with Gasteiger partial charge in [-0.1, -0.05) is 33.8 Å². The molecular formula is C20H32O3. The lowest BCUT2D eigenvalue weighted by Gasteiger charge is -2.18. The van der Waals surface area contributed by atoms with Gasteiger partial charge in [-0.25, -0.2) is 0 Å². The minimum absolute atomic E-state index is 0.445. The summed E-state index contributed by atoms with van der Waals surface area (Å²) >= 11 is 0. The van der Waals surface area contributed by atoms with Gasteiger partial charge in [-0.05, 0) is 55.7 Å². The summed E-state index contributed by atoms with van der Waals surface area (Å²) in [6, 6.07) is 6.45. The van der Waals surface area contributed by atoms with Crippen molar-refractivity contribution >= 4 is 0 Å². The van der Waals surface area contributed by atoms with Gasteiger partial charge >= 0.3 is 0 Å². The Hall–Kier alpha value is -1.22. The van der Waals surface area contributed by atoms with Crippen LogP contribution in [0.3, 0.4) is 0 Å². The van der Waals surface area contributed by atoms with Crippen LogP contribution in [0.2, 0.25) is 0 Å². The van der Waals surface area contributed by atoms with E-state index < -0.39 is 0 Å². The molecule has 3 unspecified atom stereocenters. The highest BCUT2D eigenvalue weighted by Crippen LogP contribution is 2.39. The topological polar surface area (TPSA) is 31.0 Å². The summed E-state index contributed by atoms with van der Waals surface area (Å²) < 4.78 is 17.5. The van der Waals surface area contributed by atoms with E-state index in [1.807, 2.05) is 0 Å². The Morgan fingerprint density at radius 3 is 2.22 bits per heavy atom. The maximum atomic E-state index is 5.93. The van der Waals surface area contributed by atoms with E-state index >= 15 is 0 Å². The molecule has 2 rings (SSSR count). The van der Waals surface area contributed by atoms with E-state index in [4.69, 9.17) is 14.2 Å². The molecule has 1 aromatic rings. The molecule has 130 valence electrons. The largest absolute Gasteiger partial charge is 0.490 e. The Labute approximate surface area is 141 Å². The second kappa shape index (κ2) is 9.17. The van der Waals surface area contributed by atoms with Gasteiger partial charge in [-0.3, -0.25) is 0 Å². The van der Waals surface area contributed by atoms with Crippen LogP contribution in [0.1, 0.15) is 71.3 Å². The lowest BCUT2D eigenvalue weighted by molar-refractivity contribution is 0.268. The lowest BCUT2D eigenvalue weighted by Crippen LogP contribution is -2.06. The van der Waals surface area contributed by atoms with E-state index in [9.17, 15) is 0 Å². The third-order valence-electron chi connectivity index (χ3n) is 4.46. The normalized spacial score (nSPS) is 21.0. The number of hydrogen-bond acceptors (Lipinski definition) is 3. The van der Waals surface area contributed by atoms with Crippen molar-refractivity contribution in [3.05, 3.63) is 23.8 Å². The minimum atomic E-state index is 0.445. The summed E-state index contributed by atoms with van der Waals surface area (Å²) in [5.41, 5.74) is 1.34. The summed E-state index contributed by atoms with van der Waals surface area (Å²) in [7, 11) is 0. The zero-order valence-corrected chi connectivity index (χ0v) is 15.1. The average Bonchev–Trinajstić information content (AvgIpc) is 3.34. The molecular weight excluding hydrogens is 288 g/mol. The minimum Gasteiger partial charge on any atom is -0.490 e. The molecule has 0 radical (unpaired) electrons. The molecule has 0 aromatic heterocycles. The molecule has 0 saturated carbocycles. The highest BCUT2D eigenvalue weighted by molar-refractivity contribution is 5.44. The molecule has 0 aliphatic carbocycles. The van der Waals surface area contributed by atoms with Gasteiger partial charge in [0, 0.05) is 0 Å². The molecule has 0 spiro atoms. The zero-order chi connectivity index (χ0) is 16.7. The fourth-order valence-corrected chi connectivity index (χ4v) is 3.00. The van der Waals surface area contributed by atoms with E-state index in [0.29, 0.717) is 18.1 Å². The van der Waals surface area contributed by atoms with Gasteiger partial charge in [0.1, 0.15) is 0 Å². The molecule has 3 heteroatoms.